The van der Waals surface area contributed by atoms with Gasteiger partial charge in [0.25, 0.3) is 0 Å². The van der Waals surface area contributed by atoms with Gasteiger partial charge in [0, 0.05) is 30.9 Å². The van der Waals surface area contributed by atoms with Crippen LogP contribution in [0.2, 0.25) is 0 Å². The molecule has 19 heavy (non-hydrogen) atoms. The molecule has 2 aromatic rings. The van der Waals surface area contributed by atoms with E-state index in [9.17, 15) is 4.39 Å². The van der Waals surface area contributed by atoms with Crippen LogP contribution in [0.1, 0.15) is 24.6 Å². The number of halogens is 1. The molecular formula is C15H20FN3. The van der Waals surface area contributed by atoms with Gasteiger partial charge in [0.05, 0.1) is 5.69 Å². The molecule has 0 saturated carbocycles. The predicted molar refractivity (Wildman–Crippen MR) is 75.4 cm³/mol. The zero-order valence-electron chi connectivity index (χ0n) is 11.7. The van der Waals surface area contributed by atoms with Crippen molar-refractivity contribution in [3.63, 3.8) is 0 Å². The lowest BCUT2D eigenvalue weighted by Gasteiger charge is -2.06. The molecule has 102 valence electrons. The minimum atomic E-state index is -0.182. The minimum Gasteiger partial charge on any atom is -0.316 e. The first-order chi connectivity index (χ1) is 9.15. The van der Waals surface area contributed by atoms with Gasteiger partial charge >= 0.3 is 0 Å². The third-order valence-electron chi connectivity index (χ3n) is 3.10. The fraction of sp³-hybridized carbons (Fsp3) is 0.400. The Morgan fingerprint density at radius 2 is 2.11 bits per heavy atom. The molecule has 0 unspecified atom stereocenters. The van der Waals surface area contributed by atoms with Gasteiger partial charge in [0.15, 0.2) is 0 Å². The average molecular weight is 261 g/mol. The maximum Gasteiger partial charge on any atom is 0.131 e. The summed E-state index contributed by atoms with van der Waals surface area (Å²) in [5.74, 6) is -0.182. The fourth-order valence-corrected chi connectivity index (χ4v) is 2.27. The second-order valence-corrected chi connectivity index (χ2v) is 4.76. The summed E-state index contributed by atoms with van der Waals surface area (Å²) in [6, 6.07) is 5.39. The molecule has 1 aromatic carbocycles. The highest BCUT2D eigenvalue weighted by molar-refractivity contribution is 5.66. The smallest absolute Gasteiger partial charge is 0.131 e. The molecule has 1 aromatic heterocycles. The molecule has 0 saturated heterocycles. The number of nitrogens with one attached hydrogen (secondary N) is 1. The van der Waals surface area contributed by atoms with E-state index in [0.717, 1.165) is 29.7 Å². The first-order valence-electron chi connectivity index (χ1n) is 6.61. The number of nitrogens with zero attached hydrogens (tertiary/aromatic N) is 2. The molecule has 0 aliphatic rings. The van der Waals surface area contributed by atoms with Gasteiger partial charge < -0.3 is 5.32 Å². The molecule has 0 bridgehead atoms. The molecule has 0 atom stereocenters. The van der Waals surface area contributed by atoms with Crippen molar-refractivity contribution >= 4 is 0 Å². The fourth-order valence-electron chi connectivity index (χ4n) is 2.27. The molecule has 0 amide bonds. The van der Waals surface area contributed by atoms with Gasteiger partial charge in [-0.1, -0.05) is 25.5 Å². The first kappa shape index (κ1) is 13.7. The van der Waals surface area contributed by atoms with E-state index in [1.165, 1.54) is 0 Å². The summed E-state index contributed by atoms with van der Waals surface area (Å²) in [6.07, 6.45) is 3.76. The number of benzene rings is 1. The van der Waals surface area contributed by atoms with E-state index in [4.69, 9.17) is 0 Å². The number of aromatic nitrogens is 2. The maximum absolute atomic E-state index is 14.2. The van der Waals surface area contributed by atoms with Gasteiger partial charge in [-0.15, -0.1) is 0 Å². The van der Waals surface area contributed by atoms with Crippen molar-refractivity contribution in [3.05, 3.63) is 41.5 Å². The molecule has 4 heteroatoms. The van der Waals surface area contributed by atoms with Crippen molar-refractivity contribution < 1.29 is 4.39 Å². The molecule has 0 spiro atoms. The van der Waals surface area contributed by atoms with Crippen LogP contribution < -0.4 is 5.32 Å². The van der Waals surface area contributed by atoms with E-state index in [-0.39, 0.29) is 5.82 Å². The van der Waals surface area contributed by atoms with Crippen LogP contribution in [0.25, 0.3) is 11.1 Å². The van der Waals surface area contributed by atoms with Crippen molar-refractivity contribution in [3.8, 4) is 11.1 Å². The van der Waals surface area contributed by atoms with Gasteiger partial charge in [-0.05, 0) is 25.1 Å². The molecule has 0 aliphatic heterocycles. The zero-order valence-corrected chi connectivity index (χ0v) is 11.7. The lowest BCUT2D eigenvalue weighted by molar-refractivity contribution is 0.627. The van der Waals surface area contributed by atoms with Crippen LogP contribution in [0.15, 0.2) is 24.4 Å². The quantitative estimate of drug-likeness (QED) is 0.897. The second-order valence-electron chi connectivity index (χ2n) is 4.76. The van der Waals surface area contributed by atoms with Crippen LogP contribution >= 0.6 is 0 Å². The first-order valence-corrected chi connectivity index (χ1v) is 6.61. The van der Waals surface area contributed by atoms with Crippen molar-refractivity contribution in [1.82, 2.24) is 15.1 Å². The average Bonchev–Trinajstić information content (AvgIpc) is 2.71. The predicted octanol–water partition coefficient (Wildman–Crippen LogP) is 2.90. The van der Waals surface area contributed by atoms with Crippen molar-refractivity contribution in [2.45, 2.75) is 26.3 Å². The van der Waals surface area contributed by atoms with Gasteiger partial charge in [0.1, 0.15) is 5.82 Å². The lowest BCUT2D eigenvalue weighted by atomic mass is 10.0. The van der Waals surface area contributed by atoms with E-state index in [2.05, 4.69) is 17.3 Å². The van der Waals surface area contributed by atoms with E-state index >= 15 is 0 Å². The van der Waals surface area contributed by atoms with Crippen LogP contribution in [0.4, 0.5) is 4.39 Å². The van der Waals surface area contributed by atoms with E-state index in [0.29, 0.717) is 12.1 Å². The Morgan fingerprint density at radius 3 is 2.74 bits per heavy atom. The van der Waals surface area contributed by atoms with Gasteiger partial charge in [-0.25, -0.2) is 4.39 Å². The number of aryl methyl sites for hydroxylation is 2. The summed E-state index contributed by atoms with van der Waals surface area (Å²) >= 11 is 0. The Kier molecular flexibility index (Phi) is 4.32. The Balaban J connectivity index is 2.41. The summed E-state index contributed by atoms with van der Waals surface area (Å²) in [6.45, 7) is 2.77. The highest BCUT2D eigenvalue weighted by atomic mass is 19.1. The Hall–Kier alpha value is -1.68. The molecular weight excluding hydrogens is 241 g/mol. The summed E-state index contributed by atoms with van der Waals surface area (Å²) in [5, 5.41) is 7.44. The molecule has 2 rings (SSSR count). The van der Waals surface area contributed by atoms with Gasteiger partial charge in [-0.3, -0.25) is 4.68 Å². The van der Waals surface area contributed by atoms with Crippen molar-refractivity contribution in [1.29, 1.82) is 0 Å². The van der Waals surface area contributed by atoms with E-state index in [1.54, 1.807) is 10.7 Å². The summed E-state index contributed by atoms with van der Waals surface area (Å²) < 4.78 is 16.0. The van der Waals surface area contributed by atoms with Crippen molar-refractivity contribution in [2.24, 2.45) is 7.05 Å². The van der Waals surface area contributed by atoms with Crippen LogP contribution in [-0.4, -0.2) is 16.8 Å². The highest BCUT2D eigenvalue weighted by Crippen LogP contribution is 2.27. The Morgan fingerprint density at radius 1 is 1.32 bits per heavy atom. The van der Waals surface area contributed by atoms with Crippen LogP contribution in [0.5, 0.6) is 0 Å². The SMILES string of the molecule is CCCc1nn(C)cc1-c1ccc(CNC)cc1F. The summed E-state index contributed by atoms with van der Waals surface area (Å²) in [7, 11) is 3.72. The third-order valence-corrected chi connectivity index (χ3v) is 3.10. The zero-order chi connectivity index (χ0) is 13.8. The largest absolute Gasteiger partial charge is 0.316 e. The maximum atomic E-state index is 14.2. The molecule has 1 N–H and O–H groups in total. The topological polar surface area (TPSA) is 29.9 Å². The third kappa shape index (κ3) is 3.01. The monoisotopic (exact) mass is 261 g/mol. The molecule has 0 fully saturated rings. The molecule has 0 radical (unpaired) electrons. The van der Waals surface area contributed by atoms with Gasteiger partial charge in [-0.2, -0.15) is 5.10 Å². The Labute approximate surface area is 113 Å². The Bertz CT molecular complexity index is 561. The van der Waals surface area contributed by atoms with Gasteiger partial charge in [0.2, 0.25) is 0 Å². The van der Waals surface area contributed by atoms with Crippen LogP contribution in [0.3, 0.4) is 0 Å². The lowest BCUT2D eigenvalue weighted by Crippen LogP contribution is -2.05. The number of rotatable bonds is 5. The molecule has 1 heterocycles. The van der Waals surface area contributed by atoms with E-state index < -0.39 is 0 Å². The second kappa shape index (κ2) is 5.97. The normalized spacial score (nSPS) is 10.9. The summed E-state index contributed by atoms with van der Waals surface area (Å²) in [4.78, 5) is 0. The number of hydrogen-bond acceptors (Lipinski definition) is 2. The standard InChI is InChI=1S/C15H20FN3/c1-4-5-15-13(10-19(3)18-15)12-7-6-11(9-17-2)8-14(12)16/h6-8,10,17H,4-5,9H2,1-3H3. The van der Waals surface area contributed by atoms with Crippen molar-refractivity contribution in [2.75, 3.05) is 7.05 Å². The highest BCUT2D eigenvalue weighted by Gasteiger charge is 2.13. The van der Waals surface area contributed by atoms with Crippen LogP contribution in [-0.2, 0) is 20.0 Å². The number of hydrogen-bond donors (Lipinski definition) is 1. The van der Waals surface area contributed by atoms with E-state index in [1.807, 2.05) is 32.4 Å². The summed E-state index contributed by atoms with van der Waals surface area (Å²) in [5.41, 5.74) is 3.45. The molecule has 3 nitrogen and oxygen atoms in total. The molecule has 0 aliphatic carbocycles. The minimum absolute atomic E-state index is 0.182. The van der Waals surface area contributed by atoms with Crippen LogP contribution in [0, 0.1) is 5.82 Å².